The first kappa shape index (κ1) is 9.13. The topological polar surface area (TPSA) is 25.8 Å². The van der Waals surface area contributed by atoms with Gasteiger partial charge in [0.15, 0.2) is 0 Å². The maximum atomic E-state index is 4.10. The number of fused-ring (bicyclic) bond motifs is 1. The van der Waals surface area contributed by atoms with Crippen LogP contribution in [0, 0.1) is 6.92 Å². The first-order valence-corrected chi connectivity index (χ1v) is 4.90. The van der Waals surface area contributed by atoms with Crippen molar-refractivity contribution in [2.24, 2.45) is 0 Å². The highest BCUT2D eigenvalue weighted by molar-refractivity contribution is 7.11. The normalized spacial score (nSPS) is 9.25. The largest absolute Gasteiger partial charge is 0.244 e. The van der Waals surface area contributed by atoms with Gasteiger partial charge in [-0.2, -0.15) is 0 Å². The third kappa shape index (κ3) is 1.61. The third-order valence-electron chi connectivity index (χ3n) is 1.47. The van der Waals surface area contributed by atoms with Gasteiger partial charge in [0.25, 0.3) is 0 Å². The number of thiophene rings is 1. The van der Waals surface area contributed by atoms with Crippen molar-refractivity contribution in [1.82, 2.24) is 9.97 Å². The minimum Gasteiger partial charge on any atom is -0.244 e. The molecule has 3 heteroatoms. The molecule has 0 spiro atoms. The second-order valence-corrected chi connectivity index (χ2v) is 3.20. The van der Waals surface area contributed by atoms with Crippen LogP contribution in [0.5, 0.6) is 0 Å². The summed E-state index contributed by atoms with van der Waals surface area (Å²) >= 11 is 1.72. The lowest BCUT2D eigenvalue weighted by molar-refractivity contribution is 1.23. The van der Waals surface area contributed by atoms with Gasteiger partial charge in [0, 0.05) is 21.8 Å². The highest BCUT2D eigenvalue weighted by Gasteiger charge is 1.97. The van der Waals surface area contributed by atoms with Crippen molar-refractivity contribution >= 4 is 22.2 Å². The fourth-order valence-electron chi connectivity index (χ4n) is 0.912. The van der Waals surface area contributed by atoms with Gasteiger partial charge in [0.05, 0.1) is 5.52 Å². The summed E-state index contributed by atoms with van der Waals surface area (Å²) in [7, 11) is 0. The van der Waals surface area contributed by atoms with Crippen molar-refractivity contribution in [3.8, 4) is 0 Å². The van der Waals surface area contributed by atoms with E-state index in [-0.39, 0.29) is 0 Å². The zero-order valence-corrected chi connectivity index (χ0v) is 8.35. The molecule has 0 saturated carbocycles. The predicted octanol–water partition coefficient (Wildman–Crippen LogP) is 3.03. The van der Waals surface area contributed by atoms with Gasteiger partial charge in [-0.3, -0.25) is 0 Å². The van der Waals surface area contributed by atoms with E-state index in [2.05, 4.69) is 16.9 Å². The molecule has 2 nitrogen and oxygen atoms in total. The molecule has 2 rings (SSSR count). The Hall–Kier alpha value is -0.960. The molecule has 2 heterocycles. The molecule has 0 saturated heterocycles. The van der Waals surface area contributed by atoms with Crippen molar-refractivity contribution in [2.75, 3.05) is 0 Å². The van der Waals surface area contributed by atoms with Crippen LogP contribution in [0.1, 0.15) is 18.7 Å². The van der Waals surface area contributed by atoms with Gasteiger partial charge in [-0.1, -0.05) is 13.8 Å². The molecular weight excluding hydrogens is 168 g/mol. The van der Waals surface area contributed by atoms with Crippen LogP contribution in [-0.4, -0.2) is 9.97 Å². The average molecular weight is 180 g/mol. The van der Waals surface area contributed by atoms with Crippen LogP contribution in [0.15, 0.2) is 17.9 Å². The molecule has 2 aromatic rings. The maximum Gasteiger partial charge on any atom is 0.116 e. The Balaban J connectivity index is 0.000000336. The van der Waals surface area contributed by atoms with E-state index < -0.39 is 0 Å². The van der Waals surface area contributed by atoms with Crippen molar-refractivity contribution in [3.63, 3.8) is 0 Å². The molecule has 0 aromatic carbocycles. The zero-order valence-electron chi connectivity index (χ0n) is 7.53. The Labute approximate surface area is 76.3 Å². The SMILES string of the molecule is CC.Cc1scc2ncncc12. The molecule has 2 aromatic heterocycles. The van der Waals surface area contributed by atoms with Gasteiger partial charge in [-0.15, -0.1) is 11.3 Å². The summed E-state index contributed by atoms with van der Waals surface area (Å²) in [6.07, 6.45) is 3.43. The van der Waals surface area contributed by atoms with Crippen LogP contribution in [-0.2, 0) is 0 Å². The lowest BCUT2D eigenvalue weighted by Gasteiger charge is -1.85. The van der Waals surface area contributed by atoms with Crippen molar-refractivity contribution in [3.05, 3.63) is 22.8 Å². The second kappa shape index (κ2) is 4.16. The van der Waals surface area contributed by atoms with Gasteiger partial charge in [-0.25, -0.2) is 9.97 Å². The number of hydrogen-bond acceptors (Lipinski definition) is 3. The van der Waals surface area contributed by atoms with Gasteiger partial charge in [-0.05, 0) is 6.92 Å². The van der Waals surface area contributed by atoms with Crippen LogP contribution < -0.4 is 0 Å². The molecule has 0 atom stereocenters. The first-order valence-electron chi connectivity index (χ1n) is 4.02. The van der Waals surface area contributed by atoms with Gasteiger partial charge >= 0.3 is 0 Å². The summed E-state index contributed by atoms with van der Waals surface area (Å²) in [6, 6.07) is 0. The predicted molar refractivity (Wildman–Crippen MR) is 53.5 cm³/mol. The van der Waals surface area contributed by atoms with E-state index in [4.69, 9.17) is 0 Å². The van der Waals surface area contributed by atoms with Crippen LogP contribution in [0.25, 0.3) is 10.9 Å². The summed E-state index contributed by atoms with van der Waals surface area (Å²) in [5, 5.41) is 3.22. The molecule has 0 aliphatic carbocycles. The maximum absolute atomic E-state index is 4.10. The minimum atomic E-state index is 1.05. The standard InChI is InChI=1S/C7H6N2S.C2H6/c1-5-6-2-8-4-9-7(6)3-10-5;1-2/h2-4H,1H3;1-2H3. The molecule has 0 N–H and O–H groups in total. The van der Waals surface area contributed by atoms with E-state index >= 15 is 0 Å². The molecule has 64 valence electrons. The summed E-state index contributed by atoms with van der Waals surface area (Å²) in [4.78, 5) is 9.33. The van der Waals surface area contributed by atoms with Crippen molar-refractivity contribution in [2.45, 2.75) is 20.8 Å². The zero-order chi connectivity index (χ0) is 8.97. The highest BCUT2D eigenvalue weighted by atomic mass is 32.1. The summed E-state index contributed by atoms with van der Waals surface area (Å²) < 4.78 is 0. The quantitative estimate of drug-likeness (QED) is 0.622. The van der Waals surface area contributed by atoms with E-state index in [1.165, 1.54) is 10.3 Å². The molecule has 0 amide bonds. The molecule has 12 heavy (non-hydrogen) atoms. The Morgan fingerprint density at radius 1 is 1.33 bits per heavy atom. The Morgan fingerprint density at radius 3 is 2.75 bits per heavy atom. The van der Waals surface area contributed by atoms with E-state index in [1.54, 1.807) is 17.7 Å². The van der Waals surface area contributed by atoms with Crippen molar-refractivity contribution < 1.29 is 0 Å². The van der Waals surface area contributed by atoms with E-state index in [1.807, 2.05) is 25.4 Å². The number of aryl methyl sites for hydroxylation is 1. The number of hydrogen-bond donors (Lipinski definition) is 0. The fraction of sp³-hybridized carbons (Fsp3) is 0.333. The Bertz CT molecular complexity index is 354. The highest BCUT2D eigenvalue weighted by Crippen LogP contribution is 2.20. The lowest BCUT2D eigenvalue weighted by atomic mass is 10.3. The van der Waals surface area contributed by atoms with Gasteiger partial charge < -0.3 is 0 Å². The number of aromatic nitrogens is 2. The van der Waals surface area contributed by atoms with E-state index in [0.29, 0.717) is 0 Å². The summed E-state index contributed by atoms with van der Waals surface area (Å²) in [5.41, 5.74) is 1.05. The molecule has 0 unspecified atom stereocenters. The van der Waals surface area contributed by atoms with E-state index in [0.717, 1.165) is 5.52 Å². The monoisotopic (exact) mass is 180 g/mol. The van der Waals surface area contributed by atoms with Gasteiger partial charge in [0.2, 0.25) is 0 Å². The van der Waals surface area contributed by atoms with Crippen LogP contribution in [0.3, 0.4) is 0 Å². The molecule has 0 aliphatic heterocycles. The van der Waals surface area contributed by atoms with Crippen molar-refractivity contribution in [1.29, 1.82) is 0 Å². The van der Waals surface area contributed by atoms with Gasteiger partial charge in [0.1, 0.15) is 6.33 Å². The van der Waals surface area contributed by atoms with Crippen LogP contribution in [0.4, 0.5) is 0 Å². The molecule has 0 fully saturated rings. The summed E-state index contributed by atoms with van der Waals surface area (Å²) in [5.74, 6) is 0. The van der Waals surface area contributed by atoms with Crippen LogP contribution in [0.2, 0.25) is 0 Å². The number of rotatable bonds is 0. The lowest BCUT2D eigenvalue weighted by Crippen LogP contribution is -1.75. The average Bonchev–Trinajstić information content (AvgIpc) is 2.53. The molecular formula is C9H12N2S. The van der Waals surface area contributed by atoms with E-state index in [9.17, 15) is 0 Å². The Morgan fingerprint density at radius 2 is 2.08 bits per heavy atom. The molecule has 0 bridgehead atoms. The smallest absolute Gasteiger partial charge is 0.116 e. The minimum absolute atomic E-state index is 1.05. The molecule has 0 radical (unpaired) electrons. The fourth-order valence-corrected chi connectivity index (χ4v) is 1.67. The number of nitrogens with zero attached hydrogens (tertiary/aromatic N) is 2. The molecule has 0 aliphatic rings. The van der Waals surface area contributed by atoms with Crippen LogP contribution >= 0.6 is 11.3 Å². The second-order valence-electron chi connectivity index (χ2n) is 2.11. The third-order valence-corrected chi connectivity index (χ3v) is 2.38. The summed E-state index contributed by atoms with van der Waals surface area (Å²) in [6.45, 7) is 6.08. The first-order chi connectivity index (χ1) is 5.88. The Kier molecular flexibility index (Phi) is 3.17.